The molecule has 2 rings (SSSR count). The fourth-order valence-corrected chi connectivity index (χ4v) is 2.00. The third-order valence-corrected chi connectivity index (χ3v) is 3.07. The van der Waals surface area contributed by atoms with Gasteiger partial charge in [0.15, 0.2) is 5.96 Å². The summed E-state index contributed by atoms with van der Waals surface area (Å²) in [6.45, 7) is 1.44. The van der Waals surface area contributed by atoms with Gasteiger partial charge in [-0.1, -0.05) is 60.7 Å². The number of nitrogens with zero attached hydrogens (tertiary/aromatic N) is 1. The average Bonchev–Trinajstić information content (AvgIpc) is 2.45. The Morgan fingerprint density at radius 3 is 1.95 bits per heavy atom. The van der Waals surface area contributed by atoms with E-state index in [1.807, 2.05) is 41.3 Å². The summed E-state index contributed by atoms with van der Waals surface area (Å²) >= 11 is 0. The summed E-state index contributed by atoms with van der Waals surface area (Å²) in [5, 5.41) is 7.67. The molecule has 0 amide bonds. The van der Waals surface area contributed by atoms with Gasteiger partial charge in [0.05, 0.1) is 0 Å². The molecule has 0 heterocycles. The van der Waals surface area contributed by atoms with Gasteiger partial charge in [0.2, 0.25) is 0 Å². The maximum absolute atomic E-state index is 7.67. The summed E-state index contributed by atoms with van der Waals surface area (Å²) in [7, 11) is 0. The third-order valence-electron chi connectivity index (χ3n) is 3.07. The highest BCUT2D eigenvalue weighted by molar-refractivity contribution is 5.74. The molecular weight excluding hydrogens is 234 g/mol. The van der Waals surface area contributed by atoms with Crippen LogP contribution in [0.1, 0.15) is 11.1 Å². The van der Waals surface area contributed by atoms with E-state index in [2.05, 4.69) is 24.3 Å². The molecule has 3 heteroatoms. The predicted octanol–water partition coefficient (Wildman–Crippen LogP) is 2.62. The first-order valence-electron chi connectivity index (χ1n) is 6.42. The Morgan fingerprint density at radius 1 is 0.895 bits per heavy atom. The zero-order valence-electron chi connectivity index (χ0n) is 10.9. The van der Waals surface area contributed by atoms with Crippen LogP contribution < -0.4 is 5.73 Å². The monoisotopic (exact) mass is 253 g/mol. The van der Waals surface area contributed by atoms with E-state index in [1.165, 1.54) is 11.1 Å². The van der Waals surface area contributed by atoms with Crippen LogP contribution in [0.5, 0.6) is 0 Å². The van der Waals surface area contributed by atoms with Crippen LogP contribution in [0.15, 0.2) is 60.7 Å². The lowest BCUT2D eigenvalue weighted by Gasteiger charge is -2.22. The quantitative estimate of drug-likeness (QED) is 0.635. The van der Waals surface area contributed by atoms with Gasteiger partial charge in [-0.3, -0.25) is 5.41 Å². The molecule has 0 bridgehead atoms. The van der Waals surface area contributed by atoms with Crippen LogP contribution in [-0.4, -0.2) is 17.4 Å². The van der Waals surface area contributed by atoms with Crippen LogP contribution in [0.25, 0.3) is 0 Å². The van der Waals surface area contributed by atoms with Gasteiger partial charge in [-0.25, -0.2) is 0 Å². The lowest BCUT2D eigenvalue weighted by Crippen LogP contribution is -2.37. The second kappa shape index (κ2) is 6.59. The smallest absolute Gasteiger partial charge is 0.188 e. The summed E-state index contributed by atoms with van der Waals surface area (Å²) in [5.41, 5.74) is 8.10. The van der Waals surface area contributed by atoms with Crippen molar-refractivity contribution in [1.82, 2.24) is 4.90 Å². The maximum atomic E-state index is 7.67. The van der Waals surface area contributed by atoms with Crippen LogP contribution in [0.3, 0.4) is 0 Å². The molecule has 0 aliphatic carbocycles. The molecular formula is C16H19N3. The van der Waals surface area contributed by atoms with Crippen molar-refractivity contribution in [2.24, 2.45) is 5.73 Å². The number of nitrogens with one attached hydrogen (secondary N) is 1. The minimum absolute atomic E-state index is 0.125. The predicted molar refractivity (Wildman–Crippen MR) is 78.9 cm³/mol. The molecule has 0 atom stereocenters. The zero-order chi connectivity index (χ0) is 13.5. The number of rotatable bonds is 5. The molecule has 0 aliphatic rings. The Labute approximate surface area is 114 Å². The first kappa shape index (κ1) is 13.1. The van der Waals surface area contributed by atoms with Gasteiger partial charge in [-0.2, -0.15) is 0 Å². The van der Waals surface area contributed by atoms with Crippen molar-refractivity contribution < 1.29 is 0 Å². The summed E-state index contributed by atoms with van der Waals surface area (Å²) < 4.78 is 0. The molecule has 3 N–H and O–H groups in total. The van der Waals surface area contributed by atoms with Gasteiger partial charge >= 0.3 is 0 Å². The molecule has 2 aromatic rings. The molecule has 0 saturated carbocycles. The summed E-state index contributed by atoms with van der Waals surface area (Å²) in [6, 6.07) is 20.4. The summed E-state index contributed by atoms with van der Waals surface area (Å²) in [6.07, 6.45) is 0.896. The molecule has 0 spiro atoms. The maximum Gasteiger partial charge on any atom is 0.188 e. The Kier molecular flexibility index (Phi) is 4.56. The van der Waals surface area contributed by atoms with E-state index >= 15 is 0 Å². The number of nitrogens with two attached hydrogens (primary N) is 1. The van der Waals surface area contributed by atoms with Gasteiger partial charge in [-0.15, -0.1) is 0 Å². The van der Waals surface area contributed by atoms with E-state index in [0.29, 0.717) is 6.54 Å². The number of hydrogen-bond donors (Lipinski definition) is 2. The number of benzene rings is 2. The molecule has 0 saturated heterocycles. The van der Waals surface area contributed by atoms with Crippen LogP contribution in [0, 0.1) is 5.41 Å². The van der Waals surface area contributed by atoms with E-state index in [-0.39, 0.29) is 5.96 Å². The van der Waals surface area contributed by atoms with Gasteiger partial charge in [0, 0.05) is 13.1 Å². The first-order valence-corrected chi connectivity index (χ1v) is 6.42. The van der Waals surface area contributed by atoms with E-state index in [4.69, 9.17) is 11.1 Å². The van der Waals surface area contributed by atoms with E-state index < -0.39 is 0 Å². The van der Waals surface area contributed by atoms with E-state index in [0.717, 1.165) is 13.0 Å². The third kappa shape index (κ3) is 4.14. The zero-order valence-corrected chi connectivity index (χ0v) is 10.9. The van der Waals surface area contributed by atoms with Crippen molar-refractivity contribution in [3.05, 3.63) is 71.8 Å². The summed E-state index contributed by atoms with van der Waals surface area (Å²) in [5.74, 6) is 0.125. The molecule has 2 aromatic carbocycles. The Hall–Kier alpha value is -2.29. The molecule has 0 aliphatic heterocycles. The minimum atomic E-state index is 0.125. The normalized spacial score (nSPS) is 10.1. The summed E-state index contributed by atoms with van der Waals surface area (Å²) in [4.78, 5) is 1.89. The van der Waals surface area contributed by atoms with Crippen LogP contribution in [0.4, 0.5) is 0 Å². The number of guanidine groups is 1. The van der Waals surface area contributed by atoms with Crippen LogP contribution in [-0.2, 0) is 13.0 Å². The largest absolute Gasteiger partial charge is 0.370 e. The van der Waals surface area contributed by atoms with Gasteiger partial charge in [0.25, 0.3) is 0 Å². The number of hydrogen-bond acceptors (Lipinski definition) is 1. The van der Waals surface area contributed by atoms with E-state index in [1.54, 1.807) is 0 Å². The van der Waals surface area contributed by atoms with Gasteiger partial charge in [0.1, 0.15) is 0 Å². The highest BCUT2D eigenvalue weighted by atomic mass is 15.2. The first-order chi connectivity index (χ1) is 9.25. The van der Waals surface area contributed by atoms with E-state index in [9.17, 15) is 0 Å². The fraction of sp³-hybridized carbons (Fsp3) is 0.188. The molecule has 19 heavy (non-hydrogen) atoms. The molecule has 0 aromatic heterocycles. The Bertz CT molecular complexity index is 508. The lowest BCUT2D eigenvalue weighted by atomic mass is 10.1. The second-order valence-electron chi connectivity index (χ2n) is 4.53. The Balaban J connectivity index is 1.95. The molecule has 0 radical (unpaired) electrons. The highest BCUT2D eigenvalue weighted by Gasteiger charge is 2.07. The van der Waals surface area contributed by atoms with Crippen molar-refractivity contribution in [2.45, 2.75) is 13.0 Å². The van der Waals surface area contributed by atoms with Crippen molar-refractivity contribution in [1.29, 1.82) is 5.41 Å². The second-order valence-corrected chi connectivity index (χ2v) is 4.53. The minimum Gasteiger partial charge on any atom is -0.370 e. The SMILES string of the molecule is N=C(N)N(CCc1ccccc1)Cc1ccccc1. The van der Waals surface area contributed by atoms with Gasteiger partial charge in [-0.05, 0) is 17.5 Å². The molecule has 0 fully saturated rings. The fourth-order valence-electron chi connectivity index (χ4n) is 2.00. The van der Waals surface area contributed by atoms with Crippen molar-refractivity contribution in [2.75, 3.05) is 6.54 Å². The Morgan fingerprint density at radius 2 is 1.42 bits per heavy atom. The van der Waals surface area contributed by atoms with Crippen molar-refractivity contribution in [3.63, 3.8) is 0 Å². The van der Waals surface area contributed by atoms with Crippen LogP contribution >= 0.6 is 0 Å². The van der Waals surface area contributed by atoms with Crippen LogP contribution in [0.2, 0.25) is 0 Å². The standard InChI is InChI=1S/C16H19N3/c17-16(18)19(13-15-9-5-2-6-10-15)12-11-14-7-3-1-4-8-14/h1-10H,11-13H2,(H3,17,18). The van der Waals surface area contributed by atoms with Gasteiger partial charge < -0.3 is 10.6 Å². The average molecular weight is 253 g/mol. The molecule has 0 unspecified atom stereocenters. The van der Waals surface area contributed by atoms with Crippen molar-refractivity contribution in [3.8, 4) is 0 Å². The molecule has 3 nitrogen and oxygen atoms in total. The van der Waals surface area contributed by atoms with Crippen molar-refractivity contribution >= 4 is 5.96 Å². The molecule has 98 valence electrons. The lowest BCUT2D eigenvalue weighted by molar-refractivity contribution is 0.409. The topological polar surface area (TPSA) is 53.1 Å². The highest BCUT2D eigenvalue weighted by Crippen LogP contribution is 2.06.